The first-order valence-electron chi connectivity index (χ1n) is 9.87. The number of benzene rings is 2. The molecule has 10 nitrogen and oxygen atoms in total. The molecule has 1 atom stereocenters. The van der Waals surface area contributed by atoms with Gasteiger partial charge in [0.2, 0.25) is 0 Å². The number of hydrogen-bond donors (Lipinski definition) is 1. The molecule has 10 heteroatoms. The topological polar surface area (TPSA) is 129 Å². The van der Waals surface area contributed by atoms with Gasteiger partial charge >= 0.3 is 11.9 Å². The fourth-order valence-corrected chi connectivity index (χ4v) is 3.01. The Kier molecular flexibility index (Phi) is 7.63. The lowest BCUT2D eigenvalue weighted by Crippen LogP contribution is -2.44. The summed E-state index contributed by atoms with van der Waals surface area (Å²) in [6.07, 6.45) is 0.0569. The smallest absolute Gasteiger partial charge is 0.328 e. The van der Waals surface area contributed by atoms with Crippen molar-refractivity contribution in [2.75, 3.05) is 13.7 Å². The molecule has 2 aromatic carbocycles. The van der Waals surface area contributed by atoms with Crippen LogP contribution in [0.15, 0.2) is 59.4 Å². The van der Waals surface area contributed by atoms with Crippen LogP contribution in [-0.2, 0) is 36.8 Å². The van der Waals surface area contributed by atoms with Crippen molar-refractivity contribution in [2.24, 2.45) is 0 Å². The zero-order valence-corrected chi connectivity index (χ0v) is 17.4. The number of carbonyl (C=O) groups is 3. The summed E-state index contributed by atoms with van der Waals surface area (Å²) in [6, 6.07) is 14.9. The van der Waals surface area contributed by atoms with Crippen LogP contribution in [0.1, 0.15) is 12.0 Å². The van der Waals surface area contributed by atoms with Gasteiger partial charge < -0.3 is 14.8 Å². The zero-order valence-electron chi connectivity index (χ0n) is 17.4. The third-order valence-corrected chi connectivity index (χ3v) is 4.62. The predicted octanol–water partition coefficient (Wildman–Crippen LogP) is 0.625. The van der Waals surface area contributed by atoms with Gasteiger partial charge in [0.1, 0.15) is 11.6 Å². The van der Waals surface area contributed by atoms with Crippen LogP contribution in [0.5, 0.6) is 0 Å². The van der Waals surface area contributed by atoms with E-state index in [4.69, 9.17) is 9.47 Å². The van der Waals surface area contributed by atoms with Crippen LogP contribution >= 0.6 is 0 Å². The average molecular weight is 438 g/mol. The Morgan fingerprint density at radius 2 is 1.78 bits per heavy atom. The fourth-order valence-electron chi connectivity index (χ4n) is 3.01. The lowest BCUT2D eigenvalue weighted by molar-refractivity contribution is -0.150. The maximum Gasteiger partial charge on any atom is 0.328 e. The standard InChI is InChI=1S/C22H22N4O6/c1-31-22(30)18(13-15-7-3-2-4-8-15)23-19(27)14-32-20(28)11-12-26-21(29)16-9-5-6-10-17(16)24-25-26/h2-10,18H,11-14H2,1H3,(H,23,27). The molecule has 1 heterocycles. The minimum absolute atomic E-state index is 0.0457. The third-order valence-electron chi connectivity index (χ3n) is 4.62. The van der Waals surface area contributed by atoms with Gasteiger partial charge in [-0.15, -0.1) is 5.10 Å². The molecule has 3 aromatic rings. The molecule has 0 bridgehead atoms. The first-order valence-corrected chi connectivity index (χ1v) is 9.87. The van der Waals surface area contributed by atoms with Gasteiger partial charge in [0.05, 0.1) is 25.5 Å². The number of aryl methyl sites for hydroxylation is 1. The van der Waals surface area contributed by atoms with Crippen LogP contribution in [0, 0.1) is 0 Å². The van der Waals surface area contributed by atoms with Gasteiger partial charge in [-0.1, -0.05) is 47.7 Å². The van der Waals surface area contributed by atoms with Gasteiger partial charge in [-0.25, -0.2) is 9.48 Å². The molecule has 1 aromatic heterocycles. The van der Waals surface area contributed by atoms with Crippen LogP contribution in [-0.4, -0.2) is 52.6 Å². The van der Waals surface area contributed by atoms with Gasteiger partial charge in [0.15, 0.2) is 6.61 Å². The van der Waals surface area contributed by atoms with E-state index in [9.17, 15) is 19.2 Å². The van der Waals surface area contributed by atoms with Crippen molar-refractivity contribution in [3.8, 4) is 0 Å². The molecule has 0 aliphatic heterocycles. The molecular weight excluding hydrogens is 416 g/mol. The molecule has 0 spiro atoms. The first-order chi connectivity index (χ1) is 15.5. The molecule has 0 saturated carbocycles. The van der Waals surface area contributed by atoms with Crippen molar-refractivity contribution >= 4 is 28.7 Å². The molecule has 1 N–H and O–H groups in total. The van der Waals surface area contributed by atoms with Crippen molar-refractivity contribution in [1.82, 2.24) is 20.3 Å². The molecule has 0 radical (unpaired) electrons. The minimum Gasteiger partial charge on any atom is -0.467 e. The molecule has 0 aliphatic carbocycles. The highest BCUT2D eigenvalue weighted by Crippen LogP contribution is 2.05. The number of aromatic nitrogens is 3. The Hall–Kier alpha value is -4.08. The fraction of sp³-hybridized carbons (Fsp3) is 0.273. The molecule has 1 amide bonds. The van der Waals surface area contributed by atoms with Gasteiger partial charge in [0.25, 0.3) is 11.5 Å². The van der Waals surface area contributed by atoms with Crippen LogP contribution < -0.4 is 10.9 Å². The van der Waals surface area contributed by atoms with Crippen LogP contribution in [0.25, 0.3) is 10.9 Å². The summed E-state index contributed by atoms with van der Waals surface area (Å²) in [4.78, 5) is 48.5. The number of nitrogens with one attached hydrogen (secondary N) is 1. The minimum atomic E-state index is -0.917. The van der Waals surface area contributed by atoms with E-state index in [2.05, 4.69) is 15.6 Å². The summed E-state index contributed by atoms with van der Waals surface area (Å²) in [6.45, 7) is -0.616. The quantitative estimate of drug-likeness (QED) is 0.482. The molecule has 0 saturated heterocycles. The lowest BCUT2D eigenvalue weighted by atomic mass is 10.1. The molecule has 32 heavy (non-hydrogen) atoms. The summed E-state index contributed by atoms with van der Waals surface area (Å²) in [5.74, 6) is -1.95. The SMILES string of the molecule is COC(=O)C(Cc1ccccc1)NC(=O)COC(=O)CCn1nnc2ccccc2c1=O. The Labute approximate surface area is 183 Å². The largest absolute Gasteiger partial charge is 0.467 e. The maximum atomic E-state index is 12.4. The van der Waals surface area contributed by atoms with Gasteiger partial charge in [-0.2, -0.15) is 0 Å². The number of esters is 2. The van der Waals surface area contributed by atoms with Crippen molar-refractivity contribution in [3.05, 3.63) is 70.5 Å². The van der Waals surface area contributed by atoms with Crippen LogP contribution in [0.3, 0.4) is 0 Å². The molecular formula is C22H22N4O6. The van der Waals surface area contributed by atoms with E-state index >= 15 is 0 Å². The Morgan fingerprint density at radius 3 is 2.53 bits per heavy atom. The monoisotopic (exact) mass is 438 g/mol. The highest BCUT2D eigenvalue weighted by Gasteiger charge is 2.22. The second-order valence-electron chi connectivity index (χ2n) is 6.88. The Balaban J connectivity index is 1.50. The van der Waals surface area contributed by atoms with Gasteiger partial charge in [0, 0.05) is 6.42 Å². The molecule has 166 valence electrons. The number of methoxy groups -OCH3 is 1. The van der Waals surface area contributed by atoms with Crippen LogP contribution in [0.2, 0.25) is 0 Å². The zero-order chi connectivity index (χ0) is 22.9. The number of hydrogen-bond acceptors (Lipinski definition) is 8. The highest BCUT2D eigenvalue weighted by molar-refractivity contribution is 5.86. The second-order valence-corrected chi connectivity index (χ2v) is 6.88. The van der Waals surface area contributed by atoms with Crippen molar-refractivity contribution < 1.29 is 23.9 Å². The van der Waals surface area contributed by atoms with Crippen LogP contribution in [0.4, 0.5) is 0 Å². The Morgan fingerprint density at radius 1 is 1.06 bits per heavy atom. The molecule has 1 unspecified atom stereocenters. The number of ether oxygens (including phenoxy) is 2. The molecule has 3 rings (SSSR count). The molecule has 0 fully saturated rings. The summed E-state index contributed by atoms with van der Waals surface area (Å²) in [5.41, 5.74) is 0.925. The van der Waals surface area contributed by atoms with E-state index in [1.54, 1.807) is 24.3 Å². The maximum absolute atomic E-state index is 12.4. The van der Waals surface area contributed by atoms with E-state index in [1.807, 2.05) is 30.3 Å². The van der Waals surface area contributed by atoms with Crippen molar-refractivity contribution in [1.29, 1.82) is 0 Å². The second kappa shape index (κ2) is 10.8. The lowest BCUT2D eigenvalue weighted by Gasteiger charge is -2.16. The number of rotatable bonds is 9. The van der Waals surface area contributed by atoms with Gasteiger partial charge in [-0.3, -0.25) is 14.4 Å². The van der Waals surface area contributed by atoms with Gasteiger partial charge in [-0.05, 0) is 17.7 Å². The highest BCUT2D eigenvalue weighted by atomic mass is 16.5. The van der Waals surface area contributed by atoms with E-state index in [1.165, 1.54) is 7.11 Å². The molecule has 0 aliphatic rings. The summed E-state index contributed by atoms with van der Waals surface area (Å²) >= 11 is 0. The summed E-state index contributed by atoms with van der Waals surface area (Å²) < 4.78 is 10.8. The average Bonchev–Trinajstić information content (AvgIpc) is 2.82. The summed E-state index contributed by atoms with van der Waals surface area (Å²) in [5, 5.41) is 10.6. The number of carbonyl (C=O) groups excluding carboxylic acids is 3. The normalized spacial score (nSPS) is 11.5. The van der Waals surface area contributed by atoms with E-state index < -0.39 is 30.5 Å². The van der Waals surface area contributed by atoms with E-state index in [0.717, 1.165) is 10.2 Å². The van der Waals surface area contributed by atoms with E-state index in [-0.39, 0.29) is 24.9 Å². The van der Waals surface area contributed by atoms with Crippen molar-refractivity contribution in [2.45, 2.75) is 25.4 Å². The number of nitrogens with zero attached hydrogens (tertiary/aromatic N) is 3. The number of fused-ring (bicyclic) bond motifs is 1. The third kappa shape index (κ3) is 5.97. The Bertz CT molecular complexity index is 1160. The number of amides is 1. The first kappa shape index (κ1) is 22.6. The van der Waals surface area contributed by atoms with Crippen molar-refractivity contribution in [3.63, 3.8) is 0 Å². The van der Waals surface area contributed by atoms with E-state index in [0.29, 0.717) is 10.9 Å². The summed E-state index contributed by atoms with van der Waals surface area (Å²) in [7, 11) is 1.23. The predicted molar refractivity (Wildman–Crippen MR) is 113 cm³/mol.